The first-order valence-electron chi connectivity index (χ1n) is 12.6. The Morgan fingerprint density at radius 3 is 2.87 bits per heavy atom. The summed E-state index contributed by atoms with van der Waals surface area (Å²) in [4.78, 5) is 29.8. The van der Waals surface area contributed by atoms with Crippen LogP contribution in [-0.2, 0) is 15.1 Å². The van der Waals surface area contributed by atoms with Crippen molar-refractivity contribution >= 4 is 65.9 Å². The molecule has 1 spiro atoms. The number of hydrogen-bond donors (Lipinski definition) is 1. The van der Waals surface area contributed by atoms with Crippen LogP contribution in [0.4, 0.5) is 10.1 Å². The molecule has 1 N–H and O–H groups in total. The van der Waals surface area contributed by atoms with Crippen LogP contribution in [0.5, 0.6) is 0 Å². The molecule has 1 saturated heterocycles. The van der Waals surface area contributed by atoms with Crippen molar-refractivity contribution in [2.75, 3.05) is 18.4 Å². The van der Waals surface area contributed by atoms with Gasteiger partial charge < -0.3 is 10.2 Å². The number of carbonyl (C=O) groups excluding carboxylic acids is 2. The van der Waals surface area contributed by atoms with Crippen LogP contribution in [0.1, 0.15) is 31.2 Å². The number of amides is 2. The molecule has 2 fully saturated rings. The Hall–Kier alpha value is -2.07. The quantitative estimate of drug-likeness (QED) is 0.170. The van der Waals surface area contributed by atoms with Crippen LogP contribution in [0.15, 0.2) is 75.8 Å². The number of likely N-dealkylation sites (tertiary alicyclic amines) is 1. The number of carbonyl (C=O) groups is 2. The molecule has 1 aromatic carbocycles. The second-order valence-corrected chi connectivity index (χ2v) is 13.1. The fourth-order valence-corrected chi connectivity index (χ4v) is 7.46. The van der Waals surface area contributed by atoms with E-state index in [1.165, 1.54) is 18.2 Å². The fourth-order valence-electron chi connectivity index (χ4n) is 5.82. The Labute approximate surface area is 242 Å². The Balaban J connectivity index is 1.54. The Morgan fingerprint density at radius 2 is 2.18 bits per heavy atom. The molecule has 3 heterocycles. The zero-order valence-electron chi connectivity index (χ0n) is 20.8. The largest absolute Gasteiger partial charge is 0.324 e. The zero-order valence-corrected chi connectivity index (χ0v) is 24.4. The maximum Gasteiger partial charge on any atom is 0.250 e. The van der Waals surface area contributed by atoms with Crippen molar-refractivity contribution in [1.29, 1.82) is 0 Å². The predicted molar refractivity (Wildman–Crippen MR) is 161 cm³/mol. The monoisotopic (exact) mass is 667 g/mol. The molecule has 5 nitrogen and oxygen atoms in total. The number of nitrogens with zero attached hydrogens (tertiary/aromatic N) is 2. The van der Waals surface area contributed by atoms with Gasteiger partial charge in [-0.05, 0) is 76.1 Å². The molecular weight excluding hydrogens is 639 g/mol. The molecule has 1 unspecified atom stereocenters. The van der Waals surface area contributed by atoms with Gasteiger partial charge in [0.25, 0.3) is 0 Å². The molecule has 0 bridgehead atoms. The fraction of sp³-hybridized carbons (Fsp3) is 0.345. The topological polar surface area (TPSA) is 52.7 Å². The van der Waals surface area contributed by atoms with Gasteiger partial charge in [-0.1, -0.05) is 62.7 Å². The van der Waals surface area contributed by atoms with Crippen molar-refractivity contribution in [2.24, 2.45) is 11.8 Å². The summed E-state index contributed by atoms with van der Waals surface area (Å²) >= 11 is 12.0. The van der Waals surface area contributed by atoms with Crippen LogP contribution in [0.2, 0.25) is 5.02 Å². The summed E-state index contributed by atoms with van der Waals surface area (Å²) in [5.74, 6) is -0.864. The third-order valence-corrected chi connectivity index (χ3v) is 9.60. The maximum absolute atomic E-state index is 16.1. The number of allylic oxidation sites excluding steroid dienone is 6. The average molecular weight is 668 g/mol. The van der Waals surface area contributed by atoms with Crippen molar-refractivity contribution in [2.45, 2.75) is 37.3 Å². The van der Waals surface area contributed by atoms with Gasteiger partial charge in [0.1, 0.15) is 11.4 Å². The molecule has 1 aliphatic carbocycles. The lowest BCUT2D eigenvalue weighted by molar-refractivity contribution is -0.129. The maximum atomic E-state index is 16.1. The Morgan fingerprint density at radius 1 is 1.37 bits per heavy atom. The summed E-state index contributed by atoms with van der Waals surface area (Å²) in [5, 5.41) is 3.81. The molecule has 5 rings (SSSR count). The minimum absolute atomic E-state index is 0.0937. The smallest absolute Gasteiger partial charge is 0.250 e. The molecule has 3 atom stereocenters. The Bertz CT molecular complexity index is 1300. The number of hydrogen-bond acceptors (Lipinski definition) is 3. The molecule has 1 saturated carbocycles. The van der Waals surface area contributed by atoms with Crippen molar-refractivity contribution < 1.29 is 14.0 Å². The van der Waals surface area contributed by atoms with Gasteiger partial charge in [0.15, 0.2) is 0 Å². The first-order valence-corrected chi connectivity index (χ1v) is 15.9. The summed E-state index contributed by atoms with van der Waals surface area (Å²) in [5.41, 5.74) is 1.03. The highest BCUT2D eigenvalue weighted by atomic mass is 127. The van der Waals surface area contributed by atoms with Gasteiger partial charge in [0, 0.05) is 52.1 Å². The highest BCUT2D eigenvalue weighted by molar-refractivity contribution is 14.2. The van der Waals surface area contributed by atoms with Crippen molar-refractivity contribution in [3.05, 3.63) is 86.4 Å². The lowest BCUT2D eigenvalue weighted by Gasteiger charge is -2.40. The van der Waals surface area contributed by atoms with Crippen LogP contribution < -0.4 is 5.32 Å². The number of halogens is 4. The molecule has 1 aromatic rings. The van der Waals surface area contributed by atoms with Gasteiger partial charge in [-0.25, -0.2) is 4.39 Å². The van der Waals surface area contributed by atoms with E-state index in [1.54, 1.807) is 17.0 Å². The molecule has 9 heteroatoms. The third kappa shape index (κ3) is 5.35. The standard InChI is InChI=1S/C29H29Cl2FIN3O2/c1-19(30)3-2-4-26(32)25-16-23(11-14-35(18-37)22-9-12-33-13-10-22)36(17-20-5-6-20)29(25)24-8-7-21(31)15-27(24)34-28(29)38/h2-4,7-10,12-13,15,18,20,23,25H,1,5-6,11,14,16-17H2,(H,34,38)/b3-2-,26-4-/t23-,25?,29+/m0/s1. The molecule has 4 aliphatic rings. The molecule has 38 heavy (non-hydrogen) atoms. The van der Waals surface area contributed by atoms with E-state index in [-0.39, 0.29) is 38.5 Å². The van der Waals surface area contributed by atoms with Crippen molar-refractivity contribution in [3.8, 4) is 0 Å². The molecule has 2 amide bonds. The normalized spacial score (nSPS) is 26.9. The zero-order chi connectivity index (χ0) is 26.9. The number of anilines is 1. The van der Waals surface area contributed by atoms with Crippen LogP contribution in [-0.4, -0.2) is 45.3 Å². The van der Waals surface area contributed by atoms with Crippen molar-refractivity contribution in [1.82, 2.24) is 9.80 Å². The summed E-state index contributed by atoms with van der Waals surface area (Å²) in [6.07, 6.45) is 12.5. The molecule has 0 radical (unpaired) electrons. The van der Waals surface area contributed by atoms with E-state index in [0.29, 0.717) is 47.6 Å². The molecular formula is C29H29Cl2FIN3O2. The van der Waals surface area contributed by atoms with Gasteiger partial charge in [0.2, 0.25) is 12.3 Å². The summed E-state index contributed by atoms with van der Waals surface area (Å²) < 4.78 is 20.3. The van der Waals surface area contributed by atoms with E-state index >= 15 is 4.39 Å². The minimum Gasteiger partial charge on any atom is -0.324 e. The lowest BCUT2D eigenvalue weighted by atomic mass is 9.78. The van der Waals surface area contributed by atoms with E-state index in [4.69, 9.17) is 23.2 Å². The third-order valence-electron chi connectivity index (χ3n) is 7.68. The van der Waals surface area contributed by atoms with E-state index < -0.39 is 11.5 Å². The van der Waals surface area contributed by atoms with E-state index in [9.17, 15) is 9.59 Å². The highest BCUT2D eigenvalue weighted by Crippen LogP contribution is 2.57. The van der Waals surface area contributed by atoms with E-state index in [1.807, 2.05) is 18.2 Å². The van der Waals surface area contributed by atoms with E-state index in [2.05, 4.69) is 24.9 Å². The van der Waals surface area contributed by atoms with Crippen LogP contribution in [0, 0.1) is 11.8 Å². The first kappa shape index (κ1) is 27.5. The van der Waals surface area contributed by atoms with Gasteiger partial charge in [-0.3, -0.25) is 14.5 Å². The van der Waals surface area contributed by atoms with Gasteiger partial charge in [-0.2, -0.15) is 0 Å². The van der Waals surface area contributed by atoms with Gasteiger partial charge in [-0.15, -0.1) is 0 Å². The minimum atomic E-state index is -1.20. The number of benzene rings is 1. The second kappa shape index (κ2) is 11.6. The SMILES string of the molecule is C=C(Cl)/C=C\C=C(/F)C1C[C@H](CCN(C=O)C2=CC=IC=C2)N(CC2CC2)[C@@]12C(=O)Nc1cc(Cl)ccc12. The van der Waals surface area contributed by atoms with Gasteiger partial charge >= 0.3 is 0 Å². The summed E-state index contributed by atoms with van der Waals surface area (Å²) in [6.45, 7) is 4.79. The van der Waals surface area contributed by atoms with Crippen LogP contribution >= 0.6 is 43.9 Å². The summed E-state index contributed by atoms with van der Waals surface area (Å²) in [7, 11) is 0. The van der Waals surface area contributed by atoms with E-state index in [0.717, 1.165) is 30.5 Å². The lowest BCUT2D eigenvalue weighted by Crippen LogP contribution is -2.53. The molecule has 0 aromatic heterocycles. The number of rotatable bonds is 10. The molecule has 200 valence electrons. The Kier molecular flexibility index (Phi) is 8.38. The summed E-state index contributed by atoms with van der Waals surface area (Å²) in [6, 6.07) is 5.24. The van der Waals surface area contributed by atoms with Crippen molar-refractivity contribution in [3.63, 3.8) is 0 Å². The van der Waals surface area contributed by atoms with Crippen LogP contribution in [0.25, 0.3) is 0 Å². The van der Waals surface area contributed by atoms with Crippen LogP contribution in [0.3, 0.4) is 0 Å². The first-order chi connectivity index (χ1) is 18.3. The second-order valence-electron chi connectivity index (χ2n) is 10.0. The highest BCUT2D eigenvalue weighted by Gasteiger charge is 2.64. The van der Waals surface area contributed by atoms with Gasteiger partial charge in [0.05, 0.1) is 0 Å². The number of nitrogens with one attached hydrogen (secondary N) is 1. The predicted octanol–water partition coefficient (Wildman–Crippen LogP) is 6.78. The molecule has 3 aliphatic heterocycles. The average Bonchev–Trinajstić information content (AvgIpc) is 3.60. The number of fused-ring (bicyclic) bond motifs is 2.